The van der Waals surface area contributed by atoms with Crippen molar-refractivity contribution in [3.05, 3.63) is 0 Å². The lowest BCUT2D eigenvalue weighted by atomic mass is 9.51. The van der Waals surface area contributed by atoms with Gasteiger partial charge in [0.2, 0.25) is 0 Å². The molecule has 5 saturated carbocycles. The Morgan fingerprint density at radius 3 is 1.94 bits per heavy atom. The zero-order valence-electron chi connectivity index (χ0n) is 11.4. The summed E-state index contributed by atoms with van der Waals surface area (Å²) < 4.78 is 0. The van der Waals surface area contributed by atoms with Crippen LogP contribution in [-0.2, 0) is 4.79 Å². The van der Waals surface area contributed by atoms with E-state index in [0.29, 0.717) is 11.7 Å². The zero-order valence-corrected chi connectivity index (χ0v) is 11.4. The fourth-order valence-electron chi connectivity index (χ4n) is 6.09. The molecule has 5 aliphatic rings. The predicted octanol–water partition coefficient (Wildman–Crippen LogP) is 4.21. The quantitative estimate of drug-likeness (QED) is 0.729. The van der Waals surface area contributed by atoms with E-state index in [9.17, 15) is 4.79 Å². The number of hydrogen-bond acceptors (Lipinski definition) is 1. The molecule has 0 N–H and O–H groups in total. The molecule has 1 heteroatoms. The molecule has 18 heavy (non-hydrogen) atoms. The van der Waals surface area contributed by atoms with Crippen LogP contribution in [0.2, 0.25) is 0 Å². The summed E-state index contributed by atoms with van der Waals surface area (Å²) >= 11 is 0. The Hall–Kier alpha value is -0.330. The number of ketones is 1. The van der Waals surface area contributed by atoms with Crippen molar-refractivity contribution in [2.24, 2.45) is 35.5 Å². The summed E-state index contributed by atoms with van der Waals surface area (Å²) in [5.41, 5.74) is 0. The van der Waals surface area contributed by atoms with E-state index in [1.54, 1.807) is 0 Å². The summed E-state index contributed by atoms with van der Waals surface area (Å²) in [4.78, 5) is 12.7. The van der Waals surface area contributed by atoms with E-state index in [1.807, 2.05) is 0 Å². The first-order valence-electron chi connectivity index (χ1n) is 8.32. The second-order valence-electron chi connectivity index (χ2n) is 7.78. The topological polar surface area (TPSA) is 17.1 Å². The SMILES string of the molecule is O=C(CC1CCCC1)C1C2CC3CC(C2)CC1C3. The van der Waals surface area contributed by atoms with Crippen LogP contribution in [0.5, 0.6) is 0 Å². The van der Waals surface area contributed by atoms with Crippen molar-refractivity contribution in [1.29, 1.82) is 0 Å². The van der Waals surface area contributed by atoms with Crippen LogP contribution in [0.1, 0.15) is 64.2 Å². The van der Waals surface area contributed by atoms with Crippen molar-refractivity contribution in [2.45, 2.75) is 64.2 Å². The van der Waals surface area contributed by atoms with E-state index in [2.05, 4.69) is 0 Å². The number of rotatable bonds is 3. The molecule has 0 aromatic carbocycles. The highest BCUT2D eigenvalue weighted by atomic mass is 16.1. The van der Waals surface area contributed by atoms with Crippen LogP contribution in [0, 0.1) is 35.5 Å². The minimum Gasteiger partial charge on any atom is -0.299 e. The van der Waals surface area contributed by atoms with E-state index in [-0.39, 0.29) is 0 Å². The van der Waals surface area contributed by atoms with Crippen LogP contribution in [0.4, 0.5) is 0 Å². The minimum absolute atomic E-state index is 0.499. The summed E-state index contributed by atoms with van der Waals surface area (Å²) in [5.74, 6) is 5.54. The predicted molar refractivity (Wildman–Crippen MR) is 72.1 cm³/mol. The van der Waals surface area contributed by atoms with E-state index < -0.39 is 0 Å². The normalized spacial score (nSPS) is 46.8. The molecule has 4 bridgehead atoms. The van der Waals surface area contributed by atoms with Gasteiger partial charge in [-0.1, -0.05) is 25.7 Å². The maximum atomic E-state index is 12.7. The molecular weight excluding hydrogens is 220 g/mol. The molecule has 0 heterocycles. The van der Waals surface area contributed by atoms with Gasteiger partial charge in [-0.2, -0.15) is 0 Å². The van der Waals surface area contributed by atoms with Gasteiger partial charge in [0, 0.05) is 12.3 Å². The van der Waals surface area contributed by atoms with E-state index in [1.165, 1.54) is 57.8 Å². The van der Waals surface area contributed by atoms with Crippen LogP contribution in [-0.4, -0.2) is 5.78 Å². The Bertz CT molecular complexity index is 312. The molecule has 5 aliphatic carbocycles. The summed E-state index contributed by atoms with van der Waals surface area (Å²) in [6.07, 6.45) is 13.4. The van der Waals surface area contributed by atoms with Gasteiger partial charge in [0.05, 0.1) is 0 Å². The van der Waals surface area contributed by atoms with Gasteiger partial charge in [0.1, 0.15) is 5.78 Å². The van der Waals surface area contributed by atoms with Crippen molar-refractivity contribution < 1.29 is 4.79 Å². The molecule has 0 aromatic heterocycles. The first-order chi connectivity index (χ1) is 8.79. The highest BCUT2D eigenvalue weighted by Crippen LogP contribution is 2.57. The Labute approximate surface area is 111 Å². The second-order valence-corrected chi connectivity index (χ2v) is 7.78. The van der Waals surface area contributed by atoms with Crippen molar-refractivity contribution in [3.8, 4) is 0 Å². The van der Waals surface area contributed by atoms with Crippen LogP contribution in [0.25, 0.3) is 0 Å². The van der Waals surface area contributed by atoms with Gasteiger partial charge in [-0.15, -0.1) is 0 Å². The molecule has 0 aromatic rings. The van der Waals surface area contributed by atoms with Crippen molar-refractivity contribution in [2.75, 3.05) is 0 Å². The van der Waals surface area contributed by atoms with E-state index >= 15 is 0 Å². The Balaban J connectivity index is 1.45. The second kappa shape index (κ2) is 4.35. The lowest BCUT2D eigenvalue weighted by molar-refractivity contribution is -0.136. The first kappa shape index (κ1) is 11.5. The highest BCUT2D eigenvalue weighted by molar-refractivity contribution is 5.82. The fraction of sp³-hybridized carbons (Fsp3) is 0.941. The largest absolute Gasteiger partial charge is 0.299 e. The molecular formula is C17H26O. The third-order valence-electron chi connectivity index (χ3n) is 6.56. The summed E-state index contributed by atoms with van der Waals surface area (Å²) in [6, 6.07) is 0. The van der Waals surface area contributed by atoms with Gasteiger partial charge in [-0.25, -0.2) is 0 Å². The molecule has 0 radical (unpaired) electrons. The molecule has 0 unspecified atom stereocenters. The molecule has 1 nitrogen and oxygen atoms in total. The molecule has 100 valence electrons. The molecule has 0 saturated heterocycles. The van der Waals surface area contributed by atoms with Crippen LogP contribution in [0.3, 0.4) is 0 Å². The Kier molecular flexibility index (Phi) is 2.78. The van der Waals surface area contributed by atoms with Crippen LogP contribution >= 0.6 is 0 Å². The third-order valence-corrected chi connectivity index (χ3v) is 6.56. The number of carbonyl (C=O) groups is 1. The highest BCUT2D eigenvalue weighted by Gasteiger charge is 2.50. The summed E-state index contributed by atoms with van der Waals surface area (Å²) in [5, 5.41) is 0. The van der Waals surface area contributed by atoms with Gasteiger partial charge in [-0.3, -0.25) is 4.79 Å². The Morgan fingerprint density at radius 2 is 1.39 bits per heavy atom. The monoisotopic (exact) mass is 246 g/mol. The van der Waals surface area contributed by atoms with Gasteiger partial charge >= 0.3 is 0 Å². The standard InChI is InChI=1S/C17H26O/c18-16(10-11-3-1-2-4-11)17-14-6-12-5-13(8-14)9-15(17)7-12/h11-15,17H,1-10H2. The lowest BCUT2D eigenvalue weighted by Crippen LogP contribution is -2.48. The number of carbonyl (C=O) groups excluding carboxylic acids is 1. The molecule has 0 spiro atoms. The molecule has 0 aliphatic heterocycles. The van der Waals surface area contributed by atoms with E-state index in [0.717, 1.165) is 36.0 Å². The van der Waals surface area contributed by atoms with Gasteiger partial charge < -0.3 is 0 Å². The lowest BCUT2D eigenvalue weighted by Gasteiger charge is -2.54. The van der Waals surface area contributed by atoms with Crippen molar-refractivity contribution >= 4 is 5.78 Å². The van der Waals surface area contributed by atoms with Crippen LogP contribution < -0.4 is 0 Å². The maximum absolute atomic E-state index is 12.7. The van der Waals surface area contributed by atoms with E-state index in [4.69, 9.17) is 0 Å². The van der Waals surface area contributed by atoms with Crippen LogP contribution in [0.15, 0.2) is 0 Å². The third kappa shape index (κ3) is 1.85. The molecule has 0 atom stereocenters. The molecule has 5 fully saturated rings. The number of Topliss-reactive ketones (excluding diaryl/α,β-unsaturated/α-hetero) is 1. The average molecular weight is 246 g/mol. The average Bonchev–Trinajstić information content (AvgIpc) is 2.80. The summed E-state index contributed by atoms with van der Waals surface area (Å²) in [7, 11) is 0. The van der Waals surface area contributed by atoms with Gasteiger partial charge in [0.25, 0.3) is 0 Å². The summed E-state index contributed by atoms with van der Waals surface area (Å²) in [6.45, 7) is 0. The van der Waals surface area contributed by atoms with Crippen molar-refractivity contribution in [1.82, 2.24) is 0 Å². The molecule has 0 amide bonds. The van der Waals surface area contributed by atoms with Crippen molar-refractivity contribution in [3.63, 3.8) is 0 Å². The molecule has 5 rings (SSSR count). The smallest absolute Gasteiger partial charge is 0.136 e. The van der Waals surface area contributed by atoms with Gasteiger partial charge in [0.15, 0.2) is 0 Å². The Morgan fingerprint density at radius 1 is 0.833 bits per heavy atom. The fourth-order valence-corrected chi connectivity index (χ4v) is 6.09. The minimum atomic E-state index is 0.499. The zero-order chi connectivity index (χ0) is 12.1. The number of hydrogen-bond donors (Lipinski definition) is 0. The first-order valence-corrected chi connectivity index (χ1v) is 8.32. The van der Waals surface area contributed by atoms with Gasteiger partial charge in [-0.05, 0) is 61.7 Å². The maximum Gasteiger partial charge on any atom is 0.136 e.